The van der Waals surface area contributed by atoms with Gasteiger partial charge in [-0.05, 0) is 26.1 Å². The first-order chi connectivity index (χ1) is 8.13. The molecule has 2 aromatic rings. The number of hydrogen-bond acceptors (Lipinski definition) is 4. The molecule has 2 heterocycles. The zero-order chi connectivity index (χ0) is 12.3. The summed E-state index contributed by atoms with van der Waals surface area (Å²) < 4.78 is 0. The molecule has 0 spiro atoms. The van der Waals surface area contributed by atoms with E-state index in [9.17, 15) is 0 Å². The van der Waals surface area contributed by atoms with Gasteiger partial charge in [-0.15, -0.1) is 11.3 Å². The number of aryl methyl sites for hydroxylation is 1. The van der Waals surface area contributed by atoms with E-state index >= 15 is 0 Å². The summed E-state index contributed by atoms with van der Waals surface area (Å²) >= 11 is 7.53. The maximum absolute atomic E-state index is 5.85. The van der Waals surface area contributed by atoms with Crippen molar-refractivity contribution in [1.82, 2.24) is 14.9 Å². The molecule has 0 fully saturated rings. The number of rotatable bonds is 4. The SMILES string of the molecule is Cc1nc(CN(C)Cc2cccc(Cl)n2)cs1. The molecule has 17 heavy (non-hydrogen) atoms. The van der Waals surface area contributed by atoms with Gasteiger partial charge in [-0.2, -0.15) is 0 Å². The normalized spacial score (nSPS) is 11.1. The number of nitrogens with zero attached hydrogens (tertiary/aromatic N) is 3. The van der Waals surface area contributed by atoms with E-state index in [0.29, 0.717) is 5.15 Å². The van der Waals surface area contributed by atoms with Gasteiger partial charge in [-0.25, -0.2) is 9.97 Å². The van der Waals surface area contributed by atoms with Crippen molar-refractivity contribution in [1.29, 1.82) is 0 Å². The molecule has 2 rings (SSSR count). The van der Waals surface area contributed by atoms with Gasteiger partial charge >= 0.3 is 0 Å². The number of thiazole rings is 1. The number of halogens is 1. The predicted molar refractivity (Wildman–Crippen MR) is 71.3 cm³/mol. The van der Waals surface area contributed by atoms with E-state index < -0.39 is 0 Å². The van der Waals surface area contributed by atoms with Crippen molar-refractivity contribution >= 4 is 22.9 Å². The second kappa shape index (κ2) is 5.58. The van der Waals surface area contributed by atoms with Crippen LogP contribution in [0.25, 0.3) is 0 Å². The summed E-state index contributed by atoms with van der Waals surface area (Å²) in [5, 5.41) is 3.74. The van der Waals surface area contributed by atoms with E-state index in [-0.39, 0.29) is 0 Å². The predicted octanol–water partition coefficient (Wildman–Crippen LogP) is 3.13. The fraction of sp³-hybridized carbons (Fsp3) is 0.333. The molecule has 5 heteroatoms. The minimum Gasteiger partial charge on any atom is -0.295 e. The van der Waals surface area contributed by atoms with Gasteiger partial charge in [-0.3, -0.25) is 4.90 Å². The Labute approximate surface area is 110 Å². The van der Waals surface area contributed by atoms with Gasteiger partial charge in [0.1, 0.15) is 5.15 Å². The van der Waals surface area contributed by atoms with Crippen LogP contribution in [0, 0.1) is 6.92 Å². The zero-order valence-corrected chi connectivity index (χ0v) is 11.4. The number of aromatic nitrogens is 2. The molecule has 0 aromatic carbocycles. The van der Waals surface area contributed by atoms with Gasteiger partial charge in [-0.1, -0.05) is 17.7 Å². The highest BCUT2D eigenvalue weighted by Crippen LogP contribution is 2.12. The molecule has 90 valence electrons. The molecule has 0 saturated heterocycles. The third-order valence-corrected chi connectivity index (χ3v) is 3.34. The monoisotopic (exact) mass is 267 g/mol. The molecular weight excluding hydrogens is 254 g/mol. The van der Waals surface area contributed by atoms with Gasteiger partial charge < -0.3 is 0 Å². The Morgan fingerprint density at radius 1 is 1.24 bits per heavy atom. The summed E-state index contributed by atoms with van der Waals surface area (Å²) in [6.07, 6.45) is 0. The molecule has 0 aliphatic carbocycles. The lowest BCUT2D eigenvalue weighted by Crippen LogP contribution is -2.18. The fourth-order valence-corrected chi connectivity index (χ4v) is 2.41. The van der Waals surface area contributed by atoms with Crippen LogP contribution in [0.3, 0.4) is 0 Å². The second-order valence-corrected chi connectivity index (χ2v) is 5.43. The zero-order valence-electron chi connectivity index (χ0n) is 9.85. The van der Waals surface area contributed by atoms with Gasteiger partial charge in [0.2, 0.25) is 0 Å². The highest BCUT2D eigenvalue weighted by atomic mass is 35.5. The smallest absolute Gasteiger partial charge is 0.129 e. The number of pyridine rings is 1. The van der Waals surface area contributed by atoms with Crippen LogP contribution in [0.5, 0.6) is 0 Å². The lowest BCUT2D eigenvalue weighted by Gasteiger charge is -2.14. The standard InChI is InChI=1S/C12H14ClN3S/c1-9-14-11(8-17-9)7-16(2)6-10-4-3-5-12(13)15-10/h3-5,8H,6-7H2,1-2H3. The molecule has 0 radical (unpaired) electrons. The van der Waals surface area contributed by atoms with Crippen LogP contribution in [0.1, 0.15) is 16.4 Å². The summed E-state index contributed by atoms with van der Waals surface area (Å²) in [7, 11) is 2.05. The van der Waals surface area contributed by atoms with Crippen LogP contribution < -0.4 is 0 Å². The van der Waals surface area contributed by atoms with Crippen molar-refractivity contribution in [3.63, 3.8) is 0 Å². The van der Waals surface area contributed by atoms with Crippen LogP contribution in [-0.2, 0) is 13.1 Å². The van der Waals surface area contributed by atoms with Gasteiger partial charge in [0.25, 0.3) is 0 Å². The topological polar surface area (TPSA) is 29.0 Å². The van der Waals surface area contributed by atoms with Crippen LogP contribution in [0.15, 0.2) is 23.6 Å². The first-order valence-electron chi connectivity index (χ1n) is 5.34. The van der Waals surface area contributed by atoms with E-state index in [4.69, 9.17) is 11.6 Å². The van der Waals surface area contributed by atoms with E-state index in [1.807, 2.05) is 19.1 Å². The fourth-order valence-electron chi connectivity index (χ4n) is 1.63. The molecule has 3 nitrogen and oxygen atoms in total. The minimum absolute atomic E-state index is 0.542. The average Bonchev–Trinajstić information content (AvgIpc) is 2.63. The molecule has 0 atom stereocenters. The molecule has 0 N–H and O–H groups in total. The van der Waals surface area contributed by atoms with Gasteiger partial charge in [0, 0.05) is 18.5 Å². The first-order valence-corrected chi connectivity index (χ1v) is 6.60. The quantitative estimate of drug-likeness (QED) is 0.797. The Hall–Kier alpha value is -0.970. The van der Waals surface area contributed by atoms with Crippen LogP contribution in [0.2, 0.25) is 5.15 Å². The lowest BCUT2D eigenvalue weighted by molar-refractivity contribution is 0.312. The average molecular weight is 268 g/mol. The van der Waals surface area contributed by atoms with Crippen molar-refractivity contribution in [3.05, 3.63) is 45.1 Å². The molecular formula is C12H14ClN3S. The van der Waals surface area contributed by atoms with E-state index in [1.54, 1.807) is 17.4 Å². The van der Waals surface area contributed by atoms with E-state index in [1.165, 1.54) is 0 Å². The summed E-state index contributed by atoms with van der Waals surface area (Å²) in [5.41, 5.74) is 2.09. The van der Waals surface area contributed by atoms with Crippen LogP contribution >= 0.6 is 22.9 Å². The molecule has 0 aliphatic heterocycles. The molecule has 0 unspecified atom stereocenters. The molecule has 0 saturated carbocycles. The van der Waals surface area contributed by atoms with Crippen molar-refractivity contribution in [2.45, 2.75) is 20.0 Å². The summed E-state index contributed by atoms with van der Waals surface area (Å²) in [5.74, 6) is 0. The number of hydrogen-bond donors (Lipinski definition) is 0. The van der Waals surface area contributed by atoms with Gasteiger partial charge in [0.05, 0.1) is 16.4 Å². The maximum Gasteiger partial charge on any atom is 0.129 e. The Morgan fingerprint density at radius 3 is 2.65 bits per heavy atom. The van der Waals surface area contributed by atoms with Crippen molar-refractivity contribution in [2.24, 2.45) is 0 Å². The van der Waals surface area contributed by atoms with Crippen molar-refractivity contribution in [2.75, 3.05) is 7.05 Å². The van der Waals surface area contributed by atoms with Crippen molar-refractivity contribution in [3.8, 4) is 0 Å². The summed E-state index contributed by atoms with van der Waals surface area (Å²) in [4.78, 5) is 10.9. The van der Waals surface area contributed by atoms with Gasteiger partial charge in [0.15, 0.2) is 0 Å². The lowest BCUT2D eigenvalue weighted by atomic mass is 10.3. The Bertz CT molecular complexity index is 498. The minimum atomic E-state index is 0.542. The van der Waals surface area contributed by atoms with Crippen molar-refractivity contribution < 1.29 is 0 Å². The molecule has 0 aliphatic rings. The Kier molecular flexibility index (Phi) is 4.10. The Balaban J connectivity index is 1.95. The molecule has 2 aromatic heterocycles. The third-order valence-electron chi connectivity index (χ3n) is 2.30. The maximum atomic E-state index is 5.85. The van der Waals surface area contributed by atoms with E-state index in [0.717, 1.165) is 29.5 Å². The van der Waals surface area contributed by atoms with E-state index in [2.05, 4.69) is 27.3 Å². The van der Waals surface area contributed by atoms with Crippen LogP contribution in [0.4, 0.5) is 0 Å². The summed E-state index contributed by atoms with van der Waals surface area (Å²) in [6, 6.07) is 5.69. The van der Waals surface area contributed by atoms with Crippen LogP contribution in [-0.4, -0.2) is 21.9 Å². The highest BCUT2D eigenvalue weighted by Gasteiger charge is 2.05. The largest absolute Gasteiger partial charge is 0.295 e. The first kappa shape index (κ1) is 12.5. The highest BCUT2D eigenvalue weighted by molar-refractivity contribution is 7.09. The molecule has 0 amide bonds. The second-order valence-electron chi connectivity index (χ2n) is 3.98. The third kappa shape index (κ3) is 3.77. The molecule has 0 bridgehead atoms. The Morgan fingerprint density at radius 2 is 2.00 bits per heavy atom. The summed E-state index contributed by atoms with van der Waals surface area (Å²) in [6.45, 7) is 3.63.